The van der Waals surface area contributed by atoms with Gasteiger partial charge < -0.3 is 4.74 Å². The molecule has 2 nitrogen and oxygen atoms in total. The van der Waals surface area contributed by atoms with E-state index in [1.165, 1.54) is 0 Å². The van der Waals surface area contributed by atoms with Crippen LogP contribution in [-0.2, 0) is 9.53 Å². The molecule has 0 saturated carbocycles. The van der Waals surface area contributed by atoms with Crippen molar-refractivity contribution in [1.29, 1.82) is 0 Å². The largest absolute Gasteiger partial charge is 0.456 e. The van der Waals surface area contributed by atoms with Crippen molar-refractivity contribution >= 4 is 5.97 Å². The molecule has 0 bridgehead atoms. The molecule has 0 fully saturated rings. The van der Waals surface area contributed by atoms with Crippen LogP contribution in [0.15, 0.2) is 12.2 Å². The maximum atomic E-state index is 12.9. The summed E-state index contributed by atoms with van der Waals surface area (Å²) in [4.78, 5) is 10.8. The number of halogens is 11. The lowest BCUT2D eigenvalue weighted by molar-refractivity contribution is -0.344. The maximum absolute atomic E-state index is 12.9. The van der Waals surface area contributed by atoms with Crippen LogP contribution in [0, 0.1) is 0 Å². The fraction of sp³-hybridized carbons (Fsp3) is 0.700. The van der Waals surface area contributed by atoms with Gasteiger partial charge in [-0.25, -0.2) is 18.0 Å². The van der Waals surface area contributed by atoms with Gasteiger partial charge in [-0.15, -0.1) is 0 Å². The van der Waals surface area contributed by atoms with Crippen LogP contribution in [0.4, 0.5) is 48.3 Å². The summed E-state index contributed by atoms with van der Waals surface area (Å²) < 4.78 is 140. The number of alkyl halides is 11. The molecule has 23 heavy (non-hydrogen) atoms. The van der Waals surface area contributed by atoms with Gasteiger partial charge in [-0.2, -0.15) is 35.1 Å². The second-order valence-corrected chi connectivity index (χ2v) is 4.10. The summed E-state index contributed by atoms with van der Waals surface area (Å²) in [6, 6.07) is 0. The van der Waals surface area contributed by atoms with Gasteiger partial charge in [0.1, 0.15) is 5.57 Å². The molecule has 0 atom stereocenters. The van der Waals surface area contributed by atoms with Crippen molar-refractivity contribution in [3.63, 3.8) is 0 Å². The lowest BCUT2D eigenvalue weighted by atomic mass is 10.1. The summed E-state index contributed by atoms with van der Waals surface area (Å²) in [5.74, 6) is -26.3. The number of hydrogen-bond donors (Lipinski definition) is 0. The number of carbonyl (C=O) groups is 1. The first-order valence-electron chi connectivity index (χ1n) is 5.26. The Kier molecular flexibility index (Phi) is 6.07. The zero-order chi connectivity index (χ0) is 18.9. The number of rotatable bonds is 8. The van der Waals surface area contributed by atoms with Crippen LogP contribution < -0.4 is 0 Å². The third kappa shape index (κ3) is 4.05. The third-order valence-corrected chi connectivity index (χ3v) is 2.39. The highest BCUT2D eigenvalue weighted by molar-refractivity contribution is 5.89. The van der Waals surface area contributed by atoms with Crippen molar-refractivity contribution in [2.75, 3.05) is 13.3 Å². The molecule has 0 aromatic heterocycles. The van der Waals surface area contributed by atoms with Crippen LogP contribution in [0.1, 0.15) is 0 Å². The van der Waals surface area contributed by atoms with Gasteiger partial charge in [0, 0.05) is 0 Å². The normalized spacial score (nSPS) is 14.1. The molecule has 0 amide bonds. The van der Waals surface area contributed by atoms with E-state index in [0.717, 1.165) is 0 Å². The van der Waals surface area contributed by atoms with Crippen molar-refractivity contribution < 1.29 is 57.8 Å². The quantitative estimate of drug-likeness (QED) is 0.370. The van der Waals surface area contributed by atoms with Crippen LogP contribution in [0.5, 0.6) is 0 Å². The summed E-state index contributed by atoms with van der Waals surface area (Å²) in [5.41, 5.74) is -2.06. The topological polar surface area (TPSA) is 26.3 Å². The number of carbonyl (C=O) groups excluding carboxylic acids is 1. The first-order chi connectivity index (χ1) is 10.0. The number of hydrogen-bond acceptors (Lipinski definition) is 2. The van der Waals surface area contributed by atoms with Gasteiger partial charge >= 0.3 is 36.1 Å². The van der Waals surface area contributed by atoms with Crippen LogP contribution in [0.3, 0.4) is 0 Å². The van der Waals surface area contributed by atoms with E-state index >= 15 is 0 Å². The second kappa shape index (κ2) is 6.51. The van der Waals surface area contributed by atoms with Gasteiger partial charge in [-0.3, -0.25) is 0 Å². The van der Waals surface area contributed by atoms with E-state index in [1.54, 1.807) is 0 Å². The van der Waals surface area contributed by atoms with E-state index in [0.29, 0.717) is 0 Å². The first-order valence-corrected chi connectivity index (χ1v) is 5.26. The second-order valence-electron chi connectivity index (χ2n) is 4.10. The zero-order valence-corrected chi connectivity index (χ0v) is 10.7. The van der Waals surface area contributed by atoms with Crippen molar-refractivity contribution in [2.24, 2.45) is 0 Å². The minimum absolute atomic E-state index is 2.06. The summed E-state index contributed by atoms with van der Waals surface area (Å²) in [6.07, 6.45) is -5.19. The monoisotopic (exact) mass is 368 g/mol. The Morgan fingerprint density at radius 3 is 1.78 bits per heavy atom. The highest BCUT2D eigenvalue weighted by Gasteiger charge is 2.75. The smallest absolute Gasteiger partial charge is 0.381 e. The maximum Gasteiger partial charge on any atom is 0.381 e. The van der Waals surface area contributed by atoms with E-state index in [4.69, 9.17) is 0 Å². The third-order valence-electron chi connectivity index (χ3n) is 2.39. The average Bonchev–Trinajstić information content (AvgIpc) is 2.43. The van der Waals surface area contributed by atoms with Crippen LogP contribution in [-0.4, -0.2) is 49.4 Å². The Balaban J connectivity index is 5.16. The Bertz CT molecular complexity index is 458. The van der Waals surface area contributed by atoms with E-state index in [1.807, 2.05) is 0 Å². The molecular weight excluding hydrogens is 361 g/mol. The number of ether oxygens (including phenoxy) is 1. The minimum atomic E-state index is -6.67. The van der Waals surface area contributed by atoms with Crippen molar-refractivity contribution in [3.05, 3.63) is 12.2 Å². The molecule has 0 aromatic carbocycles. The van der Waals surface area contributed by atoms with Crippen LogP contribution in [0.25, 0.3) is 0 Å². The highest BCUT2D eigenvalue weighted by Crippen LogP contribution is 2.48. The highest BCUT2D eigenvalue weighted by atomic mass is 19.4. The Morgan fingerprint density at radius 2 is 1.43 bits per heavy atom. The predicted octanol–water partition coefficient (Wildman–Crippen LogP) is 3.86. The average molecular weight is 368 g/mol. The van der Waals surface area contributed by atoms with Crippen molar-refractivity contribution in [2.45, 2.75) is 30.1 Å². The Hall–Kier alpha value is -1.56. The molecule has 0 spiro atoms. The van der Waals surface area contributed by atoms with Gasteiger partial charge in [0.05, 0.1) is 0 Å². The fourth-order valence-electron chi connectivity index (χ4n) is 0.945. The van der Waals surface area contributed by atoms with E-state index in [9.17, 15) is 53.1 Å². The molecule has 0 unspecified atom stereocenters. The molecule has 0 radical (unpaired) electrons. The van der Waals surface area contributed by atoms with Gasteiger partial charge in [0.15, 0.2) is 13.3 Å². The Morgan fingerprint density at radius 1 is 1.00 bits per heavy atom. The van der Waals surface area contributed by atoms with Gasteiger partial charge in [0.25, 0.3) is 0 Å². The van der Waals surface area contributed by atoms with Gasteiger partial charge in [-0.05, 0) is 0 Å². The van der Waals surface area contributed by atoms with Crippen LogP contribution in [0.2, 0.25) is 0 Å². The van der Waals surface area contributed by atoms with Crippen molar-refractivity contribution in [1.82, 2.24) is 0 Å². The molecule has 0 aliphatic heterocycles. The standard InChI is InChI=1S/C10H7F11O2/c1-4(7(14,15)2-11)5(22)23-3-8(16,17)10(20,21)9(18,19)6(12)13/h6H,1-3H2. The van der Waals surface area contributed by atoms with Crippen molar-refractivity contribution in [3.8, 4) is 0 Å². The molecule has 0 aliphatic carbocycles. The lowest BCUT2D eigenvalue weighted by Crippen LogP contribution is -2.59. The van der Waals surface area contributed by atoms with E-state index in [-0.39, 0.29) is 0 Å². The summed E-state index contributed by atoms with van der Waals surface area (Å²) in [7, 11) is 0. The summed E-state index contributed by atoms with van der Waals surface area (Å²) in [5, 5.41) is 0. The molecule has 13 heteroatoms. The molecular formula is C10H7F11O2. The molecule has 0 rings (SSSR count). The molecule has 0 N–H and O–H groups in total. The molecule has 0 heterocycles. The molecule has 0 aromatic rings. The molecule has 0 aliphatic rings. The molecule has 136 valence electrons. The Labute approximate surface area is 120 Å². The lowest BCUT2D eigenvalue weighted by Gasteiger charge is -2.31. The number of esters is 1. The zero-order valence-electron chi connectivity index (χ0n) is 10.7. The van der Waals surface area contributed by atoms with Gasteiger partial charge in [0.2, 0.25) is 0 Å². The minimum Gasteiger partial charge on any atom is -0.456 e. The predicted molar refractivity (Wildman–Crippen MR) is 51.9 cm³/mol. The van der Waals surface area contributed by atoms with E-state index in [2.05, 4.69) is 11.3 Å². The van der Waals surface area contributed by atoms with E-state index < -0.39 is 54.9 Å². The SMILES string of the molecule is C=C(C(=O)OCC(F)(F)C(F)(F)C(F)(F)C(F)F)C(F)(F)CF. The summed E-state index contributed by atoms with van der Waals surface area (Å²) >= 11 is 0. The summed E-state index contributed by atoms with van der Waals surface area (Å²) in [6.45, 7) is -3.19. The molecule has 0 saturated heterocycles. The van der Waals surface area contributed by atoms with Crippen LogP contribution >= 0.6 is 0 Å². The first kappa shape index (κ1) is 21.4. The fourth-order valence-corrected chi connectivity index (χ4v) is 0.945. The van der Waals surface area contributed by atoms with Gasteiger partial charge in [-0.1, -0.05) is 6.58 Å².